The zero-order valence-electron chi connectivity index (χ0n) is 8.99. The monoisotopic (exact) mass is 200 g/mol. The average molecular weight is 200 g/mol. The Morgan fingerprint density at radius 2 is 2.43 bits per heavy atom. The van der Waals surface area contributed by atoms with Crippen molar-refractivity contribution in [3.05, 3.63) is 0 Å². The molecular formula is C9H20N4O. The van der Waals surface area contributed by atoms with Gasteiger partial charge in [-0.05, 0) is 20.0 Å². The average Bonchev–Trinajstić information content (AvgIpc) is 2.51. The number of likely N-dealkylation sites (N-methyl/N-ethyl adjacent to an activating group) is 2. The number of rotatable bonds is 3. The lowest BCUT2D eigenvalue weighted by molar-refractivity contribution is 0.206. The Morgan fingerprint density at radius 1 is 1.71 bits per heavy atom. The lowest BCUT2D eigenvalue weighted by Gasteiger charge is -2.20. The van der Waals surface area contributed by atoms with Gasteiger partial charge in [0.25, 0.3) is 0 Å². The summed E-state index contributed by atoms with van der Waals surface area (Å²) in [4.78, 5) is 15.4. The lowest BCUT2D eigenvalue weighted by atomic mass is 10.3. The molecular weight excluding hydrogens is 180 g/mol. The van der Waals surface area contributed by atoms with Gasteiger partial charge in [-0.25, -0.2) is 4.79 Å². The molecule has 3 N–H and O–H groups in total. The molecule has 1 aliphatic rings. The van der Waals surface area contributed by atoms with Crippen LogP contribution < -0.4 is 11.1 Å². The summed E-state index contributed by atoms with van der Waals surface area (Å²) in [7, 11) is 3.83. The fourth-order valence-electron chi connectivity index (χ4n) is 1.63. The van der Waals surface area contributed by atoms with Crippen LogP contribution in [-0.4, -0.2) is 62.1 Å². The molecule has 1 aliphatic heterocycles. The van der Waals surface area contributed by atoms with Crippen molar-refractivity contribution >= 4 is 6.03 Å². The summed E-state index contributed by atoms with van der Waals surface area (Å²) in [6.45, 7) is 3.12. The van der Waals surface area contributed by atoms with E-state index in [-0.39, 0.29) is 6.03 Å². The number of carbonyl (C=O) groups is 1. The first-order valence-electron chi connectivity index (χ1n) is 5.03. The fourth-order valence-corrected chi connectivity index (χ4v) is 1.63. The molecule has 5 heteroatoms. The molecule has 0 aromatic rings. The minimum Gasteiger partial charge on any atom is -0.334 e. The lowest BCUT2D eigenvalue weighted by Crippen LogP contribution is -2.45. The maximum atomic E-state index is 11.5. The van der Waals surface area contributed by atoms with Crippen molar-refractivity contribution in [2.24, 2.45) is 5.73 Å². The number of hydrogen-bond donors (Lipinski definition) is 2. The Kier molecular flexibility index (Phi) is 4.16. The second-order valence-electron chi connectivity index (χ2n) is 3.91. The minimum atomic E-state index is -0.0178. The van der Waals surface area contributed by atoms with Gasteiger partial charge in [-0.2, -0.15) is 0 Å². The quantitative estimate of drug-likeness (QED) is 0.632. The van der Waals surface area contributed by atoms with E-state index in [1.165, 1.54) is 0 Å². The van der Waals surface area contributed by atoms with Crippen molar-refractivity contribution in [2.45, 2.75) is 12.5 Å². The van der Waals surface area contributed by atoms with Gasteiger partial charge in [0, 0.05) is 32.7 Å². The van der Waals surface area contributed by atoms with E-state index < -0.39 is 0 Å². The van der Waals surface area contributed by atoms with Gasteiger partial charge in [-0.3, -0.25) is 0 Å². The molecule has 0 spiro atoms. The van der Waals surface area contributed by atoms with E-state index in [1.807, 2.05) is 0 Å². The molecule has 0 aromatic carbocycles. The molecule has 2 amide bonds. The third kappa shape index (κ3) is 3.16. The summed E-state index contributed by atoms with van der Waals surface area (Å²) < 4.78 is 0. The van der Waals surface area contributed by atoms with Crippen LogP contribution in [0.3, 0.4) is 0 Å². The van der Waals surface area contributed by atoms with Crippen LogP contribution >= 0.6 is 0 Å². The van der Waals surface area contributed by atoms with Crippen LogP contribution in [0.2, 0.25) is 0 Å². The first-order valence-corrected chi connectivity index (χ1v) is 5.03. The molecule has 5 nitrogen and oxygen atoms in total. The second-order valence-corrected chi connectivity index (χ2v) is 3.91. The molecule has 1 saturated heterocycles. The first kappa shape index (κ1) is 11.3. The Morgan fingerprint density at radius 3 is 2.93 bits per heavy atom. The molecule has 1 unspecified atom stereocenters. The van der Waals surface area contributed by atoms with Gasteiger partial charge in [0.15, 0.2) is 0 Å². The van der Waals surface area contributed by atoms with Gasteiger partial charge in [-0.1, -0.05) is 0 Å². The SMILES string of the molecule is CN1CCC(NC(=O)N(C)CCN)C1. The van der Waals surface area contributed by atoms with E-state index in [2.05, 4.69) is 17.3 Å². The maximum Gasteiger partial charge on any atom is 0.317 e. The van der Waals surface area contributed by atoms with Crippen LogP contribution in [0.4, 0.5) is 4.79 Å². The number of nitrogens with zero attached hydrogens (tertiary/aromatic N) is 2. The number of likely N-dealkylation sites (tertiary alicyclic amines) is 1. The van der Waals surface area contributed by atoms with E-state index in [1.54, 1.807) is 11.9 Å². The highest BCUT2D eigenvalue weighted by Crippen LogP contribution is 2.06. The minimum absolute atomic E-state index is 0.0178. The Hall–Kier alpha value is -0.810. The van der Waals surface area contributed by atoms with Crippen molar-refractivity contribution < 1.29 is 4.79 Å². The van der Waals surface area contributed by atoms with Gasteiger partial charge >= 0.3 is 6.03 Å². The van der Waals surface area contributed by atoms with Crippen LogP contribution in [-0.2, 0) is 0 Å². The summed E-state index contributed by atoms with van der Waals surface area (Å²) in [6.07, 6.45) is 1.04. The predicted molar refractivity (Wildman–Crippen MR) is 56.1 cm³/mol. The number of nitrogens with one attached hydrogen (secondary N) is 1. The topological polar surface area (TPSA) is 61.6 Å². The second kappa shape index (κ2) is 5.17. The Bertz CT molecular complexity index is 197. The summed E-state index contributed by atoms with van der Waals surface area (Å²) in [6, 6.07) is 0.281. The van der Waals surface area contributed by atoms with E-state index in [4.69, 9.17) is 5.73 Å². The number of nitrogens with two attached hydrogens (primary N) is 1. The van der Waals surface area contributed by atoms with E-state index in [9.17, 15) is 4.79 Å². The van der Waals surface area contributed by atoms with Crippen molar-refractivity contribution in [1.29, 1.82) is 0 Å². The van der Waals surface area contributed by atoms with Crippen molar-refractivity contribution in [2.75, 3.05) is 40.3 Å². The highest BCUT2D eigenvalue weighted by Gasteiger charge is 2.21. The Balaban J connectivity index is 2.26. The molecule has 1 atom stereocenters. The molecule has 0 saturated carbocycles. The number of carbonyl (C=O) groups excluding carboxylic acids is 1. The van der Waals surface area contributed by atoms with Crippen LogP contribution in [0.15, 0.2) is 0 Å². The van der Waals surface area contributed by atoms with E-state index in [0.717, 1.165) is 19.5 Å². The summed E-state index contributed by atoms with van der Waals surface area (Å²) >= 11 is 0. The molecule has 0 radical (unpaired) electrons. The standard InChI is InChI=1S/C9H20N4O/c1-12-5-3-8(7-12)11-9(14)13(2)6-4-10/h8H,3-7,10H2,1-2H3,(H,11,14). The third-order valence-corrected chi connectivity index (χ3v) is 2.53. The molecule has 0 aliphatic carbocycles. The van der Waals surface area contributed by atoms with Crippen molar-refractivity contribution in [3.63, 3.8) is 0 Å². The number of urea groups is 1. The third-order valence-electron chi connectivity index (χ3n) is 2.53. The van der Waals surface area contributed by atoms with Gasteiger partial charge in [0.2, 0.25) is 0 Å². The smallest absolute Gasteiger partial charge is 0.317 e. The van der Waals surface area contributed by atoms with Crippen molar-refractivity contribution in [3.8, 4) is 0 Å². The highest BCUT2D eigenvalue weighted by atomic mass is 16.2. The van der Waals surface area contributed by atoms with Gasteiger partial charge in [0.1, 0.15) is 0 Å². The zero-order chi connectivity index (χ0) is 10.6. The fraction of sp³-hybridized carbons (Fsp3) is 0.889. The van der Waals surface area contributed by atoms with Crippen LogP contribution in [0.1, 0.15) is 6.42 Å². The van der Waals surface area contributed by atoms with E-state index >= 15 is 0 Å². The normalized spacial score (nSPS) is 22.4. The largest absolute Gasteiger partial charge is 0.334 e. The molecule has 1 heterocycles. The van der Waals surface area contributed by atoms with Gasteiger partial charge in [-0.15, -0.1) is 0 Å². The molecule has 14 heavy (non-hydrogen) atoms. The molecule has 1 fully saturated rings. The van der Waals surface area contributed by atoms with Crippen molar-refractivity contribution in [1.82, 2.24) is 15.1 Å². The van der Waals surface area contributed by atoms with Gasteiger partial charge in [0.05, 0.1) is 0 Å². The summed E-state index contributed by atoms with van der Waals surface area (Å²) in [5.41, 5.74) is 5.37. The predicted octanol–water partition coefficient (Wildman–Crippen LogP) is -0.709. The van der Waals surface area contributed by atoms with Gasteiger partial charge < -0.3 is 20.9 Å². The van der Waals surface area contributed by atoms with E-state index in [0.29, 0.717) is 19.1 Å². The zero-order valence-corrected chi connectivity index (χ0v) is 8.99. The first-order chi connectivity index (χ1) is 6.63. The number of amides is 2. The molecule has 1 rings (SSSR count). The summed E-state index contributed by atoms with van der Waals surface area (Å²) in [5.74, 6) is 0. The maximum absolute atomic E-state index is 11.5. The summed E-state index contributed by atoms with van der Waals surface area (Å²) in [5, 5.41) is 2.98. The van der Waals surface area contributed by atoms with Crippen LogP contribution in [0.25, 0.3) is 0 Å². The number of hydrogen-bond acceptors (Lipinski definition) is 3. The highest BCUT2D eigenvalue weighted by molar-refractivity contribution is 5.74. The Labute approximate surface area is 85.2 Å². The molecule has 82 valence electrons. The molecule has 0 bridgehead atoms. The van der Waals surface area contributed by atoms with Crippen LogP contribution in [0, 0.1) is 0 Å². The van der Waals surface area contributed by atoms with Crippen LogP contribution in [0.5, 0.6) is 0 Å². The molecule has 0 aromatic heterocycles.